The van der Waals surface area contributed by atoms with Crippen LogP contribution in [0.25, 0.3) is 0 Å². The zero-order chi connectivity index (χ0) is 20.6. The molecular formula is C21H34N2O4S. The van der Waals surface area contributed by atoms with Gasteiger partial charge in [0.1, 0.15) is 5.75 Å². The zero-order valence-corrected chi connectivity index (χ0v) is 18.1. The van der Waals surface area contributed by atoms with E-state index in [1.807, 2.05) is 38.1 Å². The lowest BCUT2D eigenvalue weighted by Crippen LogP contribution is -2.46. The van der Waals surface area contributed by atoms with Gasteiger partial charge in [0, 0.05) is 13.1 Å². The van der Waals surface area contributed by atoms with Gasteiger partial charge in [-0.05, 0) is 50.3 Å². The molecule has 1 amide bonds. The number of nitrogens with zero attached hydrogens (tertiary/aromatic N) is 1. The van der Waals surface area contributed by atoms with Crippen LogP contribution in [0.1, 0.15) is 64.5 Å². The first-order valence-electron chi connectivity index (χ1n) is 10.4. The van der Waals surface area contributed by atoms with Crippen molar-refractivity contribution in [2.75, 3.05) is 25.4 Å². The number of amides is 1. The fraction of sp³-hybridized carbons (Fsp3) is 0.667. The van der Waals surface area contributed by atoms with E-state index in [1.54, 1.807) is 0 Å². The first kappa shape index (κ1) is 22.7. The van der Waals surface area contributed by atoms with Crippen molar-refractivity contribution in [1.29, 1.82) is 0 Å². The van der Waals surface area contributed by atoms with Gasteiger partial charge in [-0.1, -0.05) is 32.4 Å². The number of rotatable bonds is 10. The van der Waals surface area contributed by atoms with Crippen molar-refractivity contribution in [1.82, 2.24) is 9.62 Å². The number of nitrogens with one attached hydrogen (secondary N) is 1. The predicted octanol–water partition coefficient (Wildman–Crippen LogP) is 3.49. The van der Waals surface area contributed by atoms with Crippen molar-refractivity contribution in [2.24, 2.45) is 5.92 Å². The largest absolute Gasteiger partial charge is 0.494 e. The van der Waals surface area contributed by atoms with E-state index in [0.29, 0.717) is 19.6 Å². The van der Waals surface area contributed by atoms with Gasteiger partial charge in [-0.3, -0.25) is 4.79 Å². The normalized spacial score (nSPS) is 19.2. The Bertz CT molecular complexity index is 718. The highest BCUT2D eigenvalue weighted by molar-refractivity contribution is 7.89. The molecule has 6 nitrogen and oxygen atoms in total. The summed E-state index contributed by atoms with van der Waals surface area (Å²) >= 11 is 0. The van der Waals surface area contributed by atoms with E-state index in [9.17, 15) is 13.2 Å². The van der Waals surface area contributed by atoms with Gasteiger partial charge in [0.2, 0.25) is 15.9 Å². The number of ether oxygens (including phenoxy) is 1. The molecule has 7 heteroatoms. The number of piperidine rings is 1. The Labute approximate surface area is 169 Å². The maximum Gasteiger partial charge on any atom is 0.224 e. The van der Waals surface area contributed by atoms with Crippen LogP contribution in [-0.2, 0) is 14.8 Å². The highest BCUT2D eigenvalue weighted by atomic mass is 32.2. The molecule has 1 aromatic rings. The lowest BCUT2D eigenvalue weighted by molar-refractivity contribution is -0.126. The second kappa shape index (κ2) is 10.8. The van der Waals surface area contributed by atoms with Crippen LogP contribution in [0.2, 0.25) is 0 Å². The fourth-order valence-electron chi connectivity index (χ4n) is 3.40. The monoisotopic (exact) mass is 410 g/mol. The summed E-state index contributed by atoms with van der Waals surface area (Å²) in [7, 11) is -3.26. The molecule has 1 aliphatic heterocycles. The van der Waals surface area contributed by atoms with E-state index in [-0.39, 0.29) is 30.2 Å². The summed E-state index contributed by atoms with van der Waals surface area (Å²) in [6.07, 6.45) is 4.16. The first-order chi connectivity index (χ1) is 13.4. The minimum atomic E-state index is -3.26. The maximum atomic E-state index is 12.7. The summed E-state index contributed by atoms with van der Waals surface area (Å²) in [5, 5.41) is 3.04. The average molecular weight is 411 g/mol. The van der Waals surface area contributed by atoms with Crippen molar-refractivity contribution >= 4 is 15.9 Å². The number of carbonyl (C=O) groups is 1. The van der Waals surface area contributed by atoms with Gasteiger partial charge in [0.15, 0.2) is 0 Å². The number of unbranched alkanes of at least 4 members (excludes halogenated alkanes) is 1. The van der Waals surface area contributed by atoms with Crippen LogP contribution in [0, 0.1) is 5.92 Å². The highest BCUT2D eigenvalue weighted by Gasteiger charge is 2.32. The van der Waals surface area contributed by atoms with Crippen LogP contribution in [0.5, 0.6) is 5.75 Å². The summed E-state index contributed by atoms with van der Waals surface area (Å²) in [5.74, 6) is 0.608. The Balaban J connectivity index is 1.90. The summed E-state index contributed by atoms with van der Waals surface area (Å²) in [5.41, 5.74) is 1.00. The van der Waals surface area contributed by atoms with Gasteiger partial charge in [0.05, 0.1) is 24.3 Å². The molecule has 1 aliphatic rings. The SMILES string of the molecule is CCCCOc1ccc([C@@H](C)NC(=O)[C@@H]2CCCN(S(=O)(=O)CCC)C2)cc1. The first-order valence-corrected chi connectivity index (χ1v) is 12.0. The van der Waals surface area contributed by atoms with Crippen LogP contribution < -0.4 is 10.1 Å². The van der Waals surface area contributed by atoms with Crippen molar-refractivity contribution in [3.05, 3.63) is 29.8 Å². The molecule has 1 fully saturated rings. The Kier molecular flexibility index (Phi) is 8.76. The lowest BCUT2D eigenvalue weighted by atomic mass is 9.98. The molecule has 0 saturated carbocycles. The summed E-state index contributed by atoms with van der Waals surface area (Å²) in [6.45, 7) is 7.43. The average Bonchev–Trinajstić information content (AvgIpc) is 2.68. The predicted molar refractivity (Wildman–Crippen MR) is 112 cm³/mol. The zero-order valence-electron chi connectivity index (χ0n) is 17.3. The van der Waals surface area contributed by atoms with Gasteiger partial charge in [-0.2, -0.15) is 0 Å². The smallest absolute Gasteiger partial charge is 0.224 e. The molecule has 28 heavy (non-hydrogen) atoms. The molecule has 2 atom stereocenters. The molecule has 1 aromatic carbocycles. The summed E-state index contributed by atoms with van der Waals surface area (Å²) < 4.78 is 31.8. The number of benzene rings is 1. The van der Waals surface area contributed by atoms with E-state index in [1.165, 1.54) is 4.31 Å². The highest BCUT2D eigenvalue weighted by Crippen LogP contribution is 2.22. The van der Waals surface area contributed by atoms with Crippen LogP contribution in [0.4, 0.5) is 0 Å². The molecule has 0 aromatic heterocycles. The van der Waals surface area contributed by atoms with E-state index in [0.717, 1.165) is 37.0 Å². The van der Waals surface area contributed by atoms with E-state index in [4.69, 9.17) is 4.74 Å². The third-order valence-corrected chi connectivity index (χ3v) is 7.16. The van der Waals surface area contributed by atoms with E-state index in [2.05, 4.69) is 12.2 Å². The van der Waals surface area contributed by atoms with Gasteiger partial charge in [0.25, 0.3) is 0 Å². The second-order valence-corrected chi connectivity index (χ2v) is 9.60. The number of hydrogen-bond acceptors (Lipinski definition) is 4. The molecule has 0 bridgehead atoms. The van der Waals surface area contributed by atoms with Crippen molar-refractivity contribution < 1.29 is 17.9 Å². The Hall–Kier alpha value is -1.60. The minimum Gasteiger partial charge on any atom is -0.494 e. The van der Waals surface area contributed by atoms with Gasteiger partial charge < -0.3 is 10.1 Å². The molecule has 0 spiro atoms. The van der Waals surface area contributed by atoms with Gasteiger partial charge in [-0.25, -0.2) is 12.7 Å². The van der Waals surface area contributed by atoms with Crippen molar-refractivity contribution in [3.63, 3.8) is 0 Å². The summed E-state index contributed by atoms with van der Waals surface area (Å²) in [6, 6.07) is 7.64. The van der Waals surface area contributed by atoms with E-state index < -0.39 is 10.0 Å². The molecule has 1 N–H and O–H groups in total. The fourth-order valence-corrected chi connectivity index (χ4v) is 4.99. The van der Waals surface area contributed by atoms with E-state index >= 15 is 0 Å². The van der Waals surface area contributed by atoms with Crippen molar-refractivity contribution in [2.45, 2.75) is 58.9 Å². The molecule has 2 rings (SSSR count). The number of carbonyl (C=O) groups excluding carboxylic acids is 1. The minimum absolute atomic E-state index is 0.0767. The molecular weight excluding hydrogens is 376 g/mol. The van der Waals surface area contributed by atoms with Crippen LogP contribution in [0.15, 0.2) is 24.3 Å². The molecule has 0 unspecified atom stereocenters. The topological polar surface area (TPSA) is 75.7 Å². The lowest BCUT2D eigenvalue weighted by Gasteiger charge is -2.31. The van der Waals surface area contributed by atoms with Gasteiger partial charge >= 0.3 is 0 Å². The second-order valence-electron chi connectivity index (χ2n) is 7.51. The van der Waals surface area contributed by atoms with Gasteiger partial charge in [-0.15, -0.1) is 0 Å². The molecule has 0 aliphatic carbocycles. The van der Waals surface area contributed by atoms with Crippen LogP contribution in [0.3, 0.4) is 0 Å². The third kappa shape index (κ3) is 6.48. The summed E-state index contributed by atoms with van der Waals surface area (Å²) in [4.78, 5) is 12.7. The Morgan fingerprint density at radius 1 is 1.25 bits per heavy atom. The van der Waals surface area contributed by atoms with Crippen LogP contribution in [-0.4, -0.2) is 44.1 Å². The molecule has 1 heterocycles. The van der Waals surface area contributed by atoms with Crippen molar-refractivity contribution in [3.8, 4) is 5.75 Å². The Morgan fingerprint density at radius 3 is 2.61 bits per heavy atom. The maximum absolute atomic E-state index is 12.7. The number of sulfonamides is 1. The Morgan fingerprint density at radius 2 is 1.96 bits per heavy atom. The molecule has 1 saturated heterocycles. The number of hydrogen-bond donors (Lipinski definition) is 1. The third-order valence-electron chi connectivity index (χ3n) is 5.12. The standard InChI is InChI=1S/C21H34N2O4S/c1-4-6-14-27-20-11-9-18(10-12-20)17(3)22-21(24)19-8-7-13-23(16-19)28(25,26)15-5-2/h9-12,17,19H,4-8,13-16H2,1-3H3,(H,22,24)/t17-,19-/m1/s1. The molecule has 0 radical (unpaired) electrons. The quantitative estimate of drug-likeness (QED) is 0.599. The van der Waals surface area contributed by atoms with Crippen LogP contribution >= 0.6 is 0 Å². The molecule has 158 valence electrons.